The molecule has 0 aromatic heterocycles. The van der Waals surface area contributed by atoms with Gasteiger partial charge in [0.05, 0.1) is 6.61 Å². The van der Waals surface area contributed by atoms with Crippen LogP contribution in [0.15, 0.2) is 60.7 Å². The average Bonchev–Trinajstić information content (AvgIpc) is 2.63. The molecule has 0 saturated heterocycles. The van der Waals surface area contributed by atoms with Gasteiger partial charge in [0, 0.05) is 5.92 Å². The molecule has 1 heteroatoms. The van der Waals surface area contributed by atoms with Crippen LogP contribution < -0.4 is 4.74 Å². The van der Waals surface area contributed by atoms with Crippen molar-refractivity contribution in [3.63, 3.8) is 0 Å². The minimum Gasteiger partial charge on any atom is -0.493 e. The van der Waals surface area contributed by atoms with E-state index in [1.807, 2.05) is 0 Å². The van der Waals surface area contributed by atoms with Crippen molar-refractivity contribution in [1.29, 1.82) is 0 Å². The highest BCUT2D eigenvalue weighted by Gasteiger charge is 2.13. The van der Waals surface area contributed by atoms with E-state index in [1.54, 1.807) is 0 Å². The van der Waals surface area contributed by atoms with Crippen molar-refractivity contribution in [3.8, 4) is 16.9 Å². The maximum atomic E-state index is 5.97. The topological polar surface area (TPSA) is 9.23 Å². The minimum atomic E-state index is 0.562. The van der Waals surface area contributed by atoms with Crippen LogP contribution in [0.2, 0.25) is 0 Å². The van der Waals surface area contributed by atoms with Gasteiger partial charge in [0.25, 0.3) is 0 Å². The first-order valence-corrected chi connectivity index (χ1v) is 9.25. The Hall–Kier alpha value is -2.02. The monoisotopic (exact) mass is 320 g/mol. The van der Waals surface area contributed by atoms with Crippen LogP contribution >= 0.6 is 0 Å². The molecule has 0 N–H and O–H groups in total. The summed E-state index contributed by atoms with van der Waals surface area (Å²) in [6, 6.07) is 17.4. The number of hydrogen-bond donors (Lipinski definition) is 0. The number of rotatable bonds is 6. The molecular formula is C23H28O. The van der Waals surface area contributed by atoms with E-state index < -0.39 is 0 Å². The van der Waals surface area contributed by atoms with Gasteiger partial charge in [-0.2, -0.15) is 0 Å². The van der Waals surface area contributed by atoms with Crippen molar-refractivity contribution in [2.45, 2.75) is 39.5 Å². The van der Waals surface area contributed by atoms with Gasteiger partial charge in [0.1, 0.15) is 5.75 Å². The molecule has 2 aromatic rings. The maximum Gasteiger partial charge on any atom is 0.119 e. The van der Waals surface area contributed by atoms with E-state index in [4.69, 9.17) is 4.74 Å². The van der Waals surface area contributed by atoms with Gasteiger partial charge in [-0.1, -0.05) is 68.8 Å². The fraction of sp³-hybridized carbons (Fsp3) is 0.391. The first kappa shape index (κ1) is 16.8. The van der Waals surface area contributed by atoms with Gasteiger partial charge < -0.3 is 4.74 Å². The predicted molar refractivity (Wildman–Crippen MR) is 102 cm³/mol. The van der Waals surface area contributed by atoms with Crippen LogP contribution in [0.3, 0.4) is 0 Å². The Morgan fingerprint density at radius 1 is 0.875 bits per heavy atom. The van der Waals surface area contributed by atoms with Crippen molar-refractivity contribution in [3.05, 3.63) is 66.2 Å². The second-order valence-electron chi connectivity index (χ2n) is 6.98. The third kappa shape index (κ3) is 4.50. The number of benzene rings is 2. The summed E-state index contributed by atoms with van der Waals surface area (Å²) in [4.78, 5) is 0. The molecule has 126 valence electrons. The molecule has 0 bridgehead atoms. The second kappa shape index (κ2) is 8.19. The SMILES string of the molecule is CCCc1ccc(-c2ccc(OCC3C=CC(C)CC3)cc2)cc1. The number of ether oxygens (including phenoxy) is 1. The van der Waals surface area contributed by atoms with Gasteiger partial charge in [0.2, 0.25) is 0 Å². The molecule has 2 aromatic carbocycles. The Kier molecular flexibility index (Phi) is 5.74. The lowest BCUT2D eigenvalue weighted by Crippen LogP contribution is -2.14. The Bertz CT molecular complexity index is 651. The van der Waals surface area contributed by atoms with Gasteiger partial charge in [-0.05, 0) is 54.0 Å². The lowest BCUT2D eigenvalue weighted by atomic mass is 9.90. The summed E-state index contributed by atoms with van der Waals surface area (Å²) < 4.78 is 5.97. The Morgan fingerprint density at radius 2 is 1.54 bits per heavy atom. The molecule has 24 heavy (non-hydrogen) atoms. The molecular weight excluding hydrogens is 292 g/mol. The average molecular weight is 320 g/mol. The van der Waals surface area contributed by atoms with E-state index in [0.29, 0.717) is 5.92 Å². The van der Waals surface area contributed by atoms with Gasteiger partial charge in [-0.15, -0.1) is 0 Å². The standard InChI is InChI=1S/C23H28O/c1-3-4-19-9-11-21(12-10-19)22-13-15-23(16-14-22)24-17-20-7-5-18(2)6-8-20/h5,7,9-16,18,20H,3-4,6,8,17H2,1-2H3. The van der Waals surface area contributed by atoms with Crippen molar-refractivity contribution < 1.29 is 4.74 Å². The Balaban J connectivity index is 1.57. The Morgan fingerprint density at radius 3 is 2.12 bits per heavy atom. The summed E-state index contributed by atoms with van der Waals surface area (Å²) in [5.41, 5.74) is 3.93. The highest BCUT2D eigenvalue weighted by atomic mass is 16.5. The molecule has 0 heterocycles. The van der Waals surface area contributed by atoms with Crippen LogP contribution in [0.5, 0.6) is 5.75 Å². The molecule has 1 aliphatic rings. The van der Waals surface area contributed by atoms with Crippen LogP contribution in [-0.2, 0) is 6.42 Å². The summed E-state index contributed by atoms with van der Waals surface area (Å²) in [6.45, 7) is 5.28. The fourth-order valence-corrected chi connectivity index (χ4v) is 3.25. The van der Waals surface area contributed by atoms with Crippen LogP contribution in [0.1, 0.15) is 38.7 Å². The predicted octanol–water partition coefficient (Wildman–Crippen LogP) is 6.29. The molecule has 3 rings (SSSR count). The quantitative estimate of drug-likeness (QED) is 0.568. The van der Waals surface area contributed by atoms with Crippen molar-refractivity contribution in [1.82, 2.24) is 0 Å². The third-order valence-corrected chi connectivity index (χ3v) is 4.85. The first-order valence-electron chi connectivity index (χ1n) is 9.25. The molecule has 1 aliphatic carbocycles. The lowest BCUT2D eigenvalue weighted by molar-refractivity contribution is 0.257. The molecule has 0 fully saturated rings. The number of hydrogen-bond acceptors (Lipinski definition) is 1. The zero-order chi connectivity index (χ0) is 16.8. The highest BCUT2D eigenvalue weighted by Crippen LogP contribution is 2.25. The summed E-state index contributed by atoms with van der Waals surface area (Å²) in [6.07, 6.45) is 9.50. The van der Waals surface area contributed by atoms with Gasteiger partial charge in [-0.25, -0.2) is 0 Å². The van der Waals surface area contributed by atoms with Gasteiger partial charge in [-0.3, -0.25) is 0 Å². The normalized spacial score (nSPS) is 20.1. The van der Waals surface area contributed by atoms with Crippen molar-refractivity contribution >= 4 is 0 Å². The molecule has 2 atom stereocenters. The minimum absolute atomic E-state index is 0.562. The zero-order valence-corrected chi connectivity index (χ0v) is 14.9. The molecule has 2 unspecified atom stereocenters. The van der Waals surface area contributed by atoms with Crippen LogP contribution in [-0.4, -0.2) is 6.61 Å². The lowest BCUT2D eigenvalue weighted by Gasteiger charge is -2.20. The molecule has 0 amide bonds. The largest absolute Gasteiger partial charge is 0.493 e. The Labute approximate surface area is 146 Å². The van der Waals surface area contributed by atoms with E-state index in [1.165, 1.54) is 36.0 Å². The molecule has 0 aliphatic heterocycles. The van der Waals surface area contributed by atoms with Crippen molar-refractivity contribution in [2.24, 2.45) is 11.8 Å². The van der Waals surface area contributed by atoms with Crippen LogP contribution in [0, 0.1) is 11.8 Å². The van der Waals surface area contributed by atoms with Crippen LogP contribution in [0.4, 0.5) is 0 Å². The molecule has 1 nitrogen and oxygen atoms in total. The van der Waals surface area contributed by atoms with Gasteiger partial charge in [0.15, 0.2) is 0 Å². The van der Waals surface area contributed by atoms with E-state index in [2.05, 4.69) is 74.5 Å². The van der Waals surface area contributed by atoms with Crippen LogP contribution in [0.25, 0.3) is 11.1 Å². The summed E-state index contributed by atoms with van der Waals surface area (Å²) >= 11 is 0. The third-order valence-electron chi connectivity index (χ3n) is 4.85. The second-order valence-corrected chi connectivity index (χ2v) is 6.98. The maximum absolute atomic E-state index is 5.97. The summed E-state index contributed by atoms with van der Waals surface area (Å²) in [5, 5.41) is 0. The molecule has 0 radical (unpaired) electrons. The fourth-order valence-electron chi connectivity index (χ4n) is 3.25. The smallest absolute Gasteiger partial charge is 0.119 e. The van der Waals surface area contributed by atoms with E-state index in [9.17, 15) is 0 Å². The summed E-state index contributed by atoms with van der Waals surface area (Å²) in [5.74, 6) is 2.25. The number of aryl methyl sites for hydroxylation is 1. The summed E-state index contributed by atoms with van der Waals surface area (Å²) in [7, 11) is 0. The van der Waals surface area contributed by atoms with Crippen molar-refractivity contribution in [2.75, 3.05) is 6.61 Å². The first-order chi connectivity index (χ1) is 11.7. The molecule has 0 saturated carbocycles. The van der Waals surface area contributed by atoms with E-state index in [0.717, 1.165) is 24.7 Å². The van der Waals surface area contributed by atoms with E-state index in [-0.39, 0.29) is 0 Å². The molecule has 0 spiro atoms. The highest BCUT2D eigenvalue weighted by molar-refractivity contribution is 5.64. The zero-order valence-electron chi connectivity index (χ0n) is 14.9. The number of allylic oxidation sites excluding steroid dienone is 1. The van der Waals surface area contributed by atoms with Gasteiger partial charge >= 0.3 is 0 Å². The van der Waals surface area contributed by atoms with E-state index >= 15 is 0 Å².